The van der Waals surface area contributed by atoms with E-state index in [1.54, 1.807) is 31.2 Å². The Labute approximate surface area is 116 Å². The highest BCUT2D eigenvalue weighted by molar-refractivity contribution is 5.32. The number of hydrogen-bond donors (Lipinski definition) is 1. The summed E-state index contributed by atoms with van der Waals surface area (Å²) in [5.41, 5.74) is -0.674. The molecular formula is C15H19F3O2. The van der Waals surface area contributed by atoms with Crippen LogP contribution < -0.4 is 4.74 Å². The van der Waals surface area contributed by atoms with Gasteiger partial charge in [-0.1, -0.05) is 12.1 Å². The molecule has 0 amide bonds. The zero-order chi connectivity index (χ0) is 14.8. The topological polar surface area (TPSA) is 29.5 Å². The fraction of sp³-hybridized carbons (Fsp3) is 0.600. The maximum absolute atomic E-state index is 12.1. The van der Waals surface area contributed by atoms with Gasteiger partial charge in [0.05, 0.1) is 11.7 Å². The van der Waals surface area contributed by atoms with Crippen LogP contribution in [0.2, 0.25) is 0 Å². The molecule has 5 heteroatoms. The van der Waals surface area contributed by atoms with E-state index in [9.17, 15) is 18.3 Å². The van der Waals surface area contributed by atoms with Gasteiger partial charge in [-0.05, 0) is 50.3 Å². The maximum atomic E-state index is 12.1. The molecule has 1 fully saturated rings. The van der Waals surface area contributed by atoms with E-state index in [4.69, 9.17) is 4.74 Å². The SMILES string of the molecule is CC(O)(CCCC(F)(F)F)c1cccc(OC2CC2)c1. The Bertz CT molecular complexity index is 451. The summed E-state index contributed by atoms with van der Waals surface area (Å²) in [5, 5.41) is 10.3. The first-order valence-corrected chi connectivity index (χ1v) is 6.83. The van der Waals surface area contributed by atoms with E-state index in [2.05, 4.69) is 0 Å². The lowest BCUT2D eigenvalue weighted by atomic mass is 9.90. The van der Waals surface area contributed by atoms with Crippen molar-refractivity contribution in [2.75, 3.05) is 0 Å². The molecule has 0 saturated heterocycles. The summed E-state index contributed by atoms with van der Waals surface area (Å²) in [5.74, 6) is 0.668. The van der Waals surface area contributed by atoms with Crippen LogP contribution in [0.25, 0.3) is 0 Å². The Balaban J connectivity index is 1.96. The quantitative estimate of drug-likeness (QED) is 0.851. The minimum absolute atomic E-state index is 0.0688. The van der Waals surface area contributed by atoms with Gasteiger partial charge >= 0.3 is 6.18 Å². The molecule has 1 N–H and O–H groups in total. The standard InChI is InChI=1S/C15H19F3O2/c1-14(19,8-3-9-15(16,17)18)11-4-2-5-13(10-11)20-12-6-7-12/h2,4-5,10,12,19H,3,6-9H2,1H3. The summed E-state index contributed by atoms with van der Waals surface area (Å²) in [4.78, 5) is 0. The number of halogens is 3. The third-order valence-electron chi connectivity index (χ3n) is 3.41. The van der Waals surface area contributed by atoms with Crippen LogP contribution in [0, 0.1) is 0 Å². The van der Waals surface area contributed by atoms with Crippen LogP contribution in [0.4, 0.5) is 13.2 Å². The molecule has 1 saturated carbocycles. The molecular weight excluding hydrogens is 269 g/mol. The van der Waals surface area contributed by atoms with Crippen LogP contribution in [0.15, 0.2) is 24.3 Å². The monoisotopic (exact) mass is 288 g/mol. The maximum Gasteiger partial charge on any atom is 0.389 e. The highest BCUT2D eigenvalue weighted by Crippen LogP contribution is 2.33. The summed E-state index contributed by atoms with van der Waals surface area (Å²) in [6.45, 7) is 1.54. The minimum atomic E-state index is -4.17. The summed E-state index contributed by atoms with van der Waals surface area (Å²) in [7, 11) is 0. The molecule has 1 unspecified atom stereocenters. The molecule has 1 aliphatic rings. The zero-order valence-electron chi connectivity index (χ0n) is 11.4. The predicted molar refractivity (Wildman–Crippen MR) is 69.6 cm³/mol. The summed E-state index contributed by atoms with van der Waals surface area (Å²) in [6.07, 6.45) is -2.75. The average Bonchev–Trinajstić information content (AvgIpc) is 3.11. The van der Waals surface area contributed by atoms with Crippen LogP contribution in [0.1, 0.15) is 44.6 Å². The van der Waals surface area contributed by atoms with Crippen molar-refractivity contribution in [3.63, 3.8) is 0 Å². The molecule has 1 aromatic rings. The van der Waals surface area contributed by atoms with Crippen molar-refractivity contribution in [3.05, 3.63) is 29.8 Å². The average molecular weight is 288 g/mol. The van der Waals surface area contributed by atoms with Crippen molar-refractivity contribution in [1.82, 2.24) is 0 Å². The largest absolute Gasteiger partial charge is 0.490 e. The first-order chi connectivity index (χ1) is 9.26. The third-order valence-corrected chi connectivity index (χ3v) is 3.41. The number of benzene rings is 1. The molecule has 0 heterocycles. The first kappa shape index (κ1) is 15.2. The van der Waals surface area contributed by atoms with Gasteiger partial charge in [-0.2, -0.15) is 13.2 Å². The Morgan fingerprint density at radius 1 is 1.25 bits per heavy atom. The lowest BCUT2D eigenvalue weighted by molar-refractivity contribution is -0.137. The number of rotatable bonds is 6. The van der Waals surface area contributed by atoms with Crippen LogP contribution >= 0.6 is 0 Å². The predicted octanol–water partition coefficient (Wildman–Crippen LogP) is 4.17. The van der Waals surface area contributed by atoms with Gasteiger partial charge in [0.15, 0.2) is 0 Å². The van der Waals surface area contributed by atoms with E-state index >= 15 is 0 Å². The van der Waals surface area contributed by atoms with Crippen molar-refractivity contribution < 1.29 is 23.0 Å². The van der Waals surface area contributed by atoms with E-state index in [0.717, 1.165) is 12.8 Å². The second kappa shape index (κ2) is 5.64. The van der Waals surface area contributed by atoms with E-state index in [-0.39, 0.29) is 18.9 Å². The number of aliphatic hydroxyl groups is 1. The minimum Gasteiger partial charge on any atom is -0.490 e. The highest BCUT2D eigenvalue weighted by Gasteiger charge is 2.30. The molecule has 0 aromatic heterocycles. The molecule has 0 radical (unpaired) electrons. The van der Waals surface area contributed by atoms with Gasteiger partial charge in [0.25, 0.3) is 0 Å². The Morgan fingerprint density at radius 3 is 2.55 bits per heavy atom. The second-order valence-electron chi connectivity index (χ2n) is 5.59. The first-order valence-electron chi connectivity index (χ1n) is 6.83. The zero-order valence-corrected chi connectivity index (χ0v) is 11.4. The lowest BCUT2D eigenvalue weighted by Crippen LogP contribution is -2.22. The van der Waals surface area contributed by atoms with Crippen molar-refractivity contribution in [3.8, 4) is 5.75 Å². The van der Waals surface area contributed by atoms with Crippen LogP contribution in [0.5, 0.6) is 5.75 Å². The van der Waals surface area contributed by atoms with Crippen molar-refractivity contribution in [1.29, 1.82) is 0 Å². The molecule has 20 heavy (non-hydrogen) atoms. The summed E-state index contributed by atoms with van der Waals surface area (Å²) < 4.78 is 42.1. The second-order valence-corrected chi connectivity index (χ2v) is 5.59. The summed E-state index contributed by atoms with van der Waals surface area (Å²) >= 11 is 0. The van der Waals surface area contributed by atoms with Gasteiger partial charge in [0.1, 0.15) is 5.75 Å². The van der Waals surface area contributed by atoms with E-state index < -0.39 is 18.2 Å². The summed E-state index contributed by atoms with van der Waals surface area (Å²) in [6, 6.07) is 6.98. The molecule has 0 aliphatic heterocycles. The molecule has 2 nitrogen and oxygen atoms in total. The fourth-order valence-corrected chi connectivity index (χ4v) is 2.06. The van der Waals surface area contributed by atoms with Gasteiger partial charge < -0.3 is 9.84 Å². The lowest BCUT2D eigenvalue weighted by Gasteiger charge is -2.24. The smallest absolute Gasteiger partial charge is 0.389 e. The van der Waals surface area contributed by atoms with Gasteiger partial charge in [0, 0.05) is 6.42 Å². The number of alkyl halides is 3. The molecule has 1 aromatic carbocycles. The molecule has 2 rings (SSSR count). The van der Waals surface area contributed by atoms with Gasteiger partial charge in [-0.25, -0.2) is 0 Å². The van der Waals surface area contributed by atoms with Crippen LogP contribution in [-0.4, -0.2) is 17.4 Å². The van der Waals surface area contributed by atoms with Crippen LogP contribution in [-0.2, 0) is 5.60 Å². The van der Waals surface area contributed by atoms with E-state index in [1.807, 2.05) is 0 Å². The molecule has 0 bridgehead atoms. The molecule has 1 atom stereocenters. The van der Waals surface area contributed by atoms with Crippen molar-refractivity contribution >= 4 is 0 Å². The fourth-order valence-electron chi connectivity index (χ4n) is 2.06. The Kier molecular flexibility index (Phi) is 4.28. The van der Waals surface area contributed by atoms with E-state index in [0.29, 0.717) is 11.3 Å². The normalized spacial score (nSPS) is 18.6. The van der Waals surface area contributed by atoms with Gasteiger partial charge in [0.2, 0.25) is 0 Å². The third kappa shape index (κ3) is 4.71. The molecule has 1 aliphatic carbocycles. The molecule has 112 valence electrons. The highest BCUT2D eigenvalue weighted by atomic mass is 19.4. The number of ether oxygens (including phenoxy) is 1. The Hall–Kier alpha value is -1.23. The number of hydrogen-bond acceptors (Lipinski definition) is 2. The van der Waals surface area contributed by atoms with Gasteiger partial charge in [-0.3, -0.25) is 0 Å². The van der Waals surface area contributed by atoms with E-state index in [1.165, 1.54) is 0 Å². The van der Waals surface area contributed by atoms with Gasteiger partial charge in [-0.15, -0.1) is 0 Å². The van der Waals surface area contributed by atoms with Crippen LogP contribution in [0.3, 0.4) is 0 Å². The van der Waals surface area contributed by atoms with Crippen molar-refractivity contribution in [2.45, 2.75) is 56.9 Å². The Morgan fingerprint density at radius 2 is 1.95 bits per heavy atom. The van der Waals surface area contributed by atoms with Crippen molar-refractivity contribution in [2.24, 2.45) is 0 Å². The molecule has 0 spiro atoms.